The molecule has 2 amide bonds. The summed E-state index contributed by atoms with van der Waals surface area (Å²) in [6.07, 6.45) is 0.224. The highest BCUT2D eigenvalue weighted by Gasteiger charge is 2.26. The van der Waals surface area contributed by atoms with Gasteiger partial charge in [0.1, 0.15) is 6.61 Å². The number of anilines is 1. The first-order chi connectivity index (χ1) is 13.2. The molecule has 10 nitrogen and oxygen atoms in total. The van der Waals surface area contributed by atoms with Crippen LogP contribution in [0.5, 0.6) is 11.5 Å². The van der Waals surface area contributed by atoms with Gasteiger partial charge in [0, 0.05) is 32.0 Å². The molecule has 0 unspecified atom stereocenters. The number of hydrogen-bond acceptors (Lipinski definition) is 8. The largest absolute Gasteiger partial charge is 0.454 e. The number of carbonyl (C=O) groups is 1. The summed E-state index contributed by atoms with van der Waals surface area (Å²) in [5, 5.41) is 6.70. The lowest BCUT2D eigenvalue weighted by molar-refractivity contribution is -0.0148. The van der Waals surface area contributed by atoms with Crippen LogP contribution in [0, 0.1) is 0 Å². The number of methoxy groups -OCH3 is 1. The summed E-state index contributed by atoms with van der Waals surface area (Å²) in [7, 11) is 1.57. The van der Waals surface area contributed by atoms with Crippen LogP contribution in [0.2, 0.25) is 0 Å². The van der Waals surface area contributed by atoms with E-state index in [9.17, 15) is 4.79 Å². The van der Waals surface area contributed by atoms with Crippen LogP contribution >= 0.6 is 0 Å². The summed E-state index contributed by atoms with van der Waals surface area (Å²) in [6.45, 7) is 1.86. The van der Waals surface area contributed by atoms with E-state index in [1.807, 2.05) is 0 Å². The van der Waals surface area contributed by atoms with Gasteiger partial charge in [-0.05, 0) is 12.1 Å². The molecule has 0 aliphatic carbocycles. The minimum absolute atomic E-state index is 0.194. The first-order valence-electron chi connectivity index (χ1n) is 8.59. The van der Waals surface area contributed by atoms with Crippen LogP contribution in [0.4, 0.5) is 10.5 Å². The molecule has 0 bridgehead atoms. The van der Waals surface area contributed by atoms with Crippen molar-refractivity contribution in [3.05, 3.63) is 29.9 Å². The number of carbonyl (C=O) groups excluding carboxylic acids is 1. The normalized spacial score (nSPS) is 18.6. The van der Waals surface area contributed by atoms with Gasteiger partial charge in [-0.15, -0.1) is 0 Å². The lowest BCUT2D eigenvalue weighted by Gasteiger charge is -2.32. The minimum atomic E-state index is -0.211. The van der Waals surface area contributed by atoms with Gasteiger partial charge in [0.2, 0.25) is 12.7 Å². The summed E-state index contributed by atoms with van der Waals surface area (Å²) >= 11 is 0. The van der Waals surface area contributed by atoms with E-state index < -0.39 is 0 Å². The number of amides is 2. The molecule has 1 atom stereocenters. The molecular formula is C17H20N4O6. The van der Waals surface area contributed by atoms with Crippen molar-refractivity contribution >= 4 is 11.7 Å². The van der Waals surface area contributed by atoms with E-state index in [-0.39, 0.29) is 18.9 Å². The van der Waals surface area contributed by atoms with E-state index in [4.69, 9.17) is 23.5 Å². The molecule has 2 aromatic rings. The molecule has 0 spiro atoms. The third kappa shape index (κ3) is 4.12. The van der Waals surface area contributed by atoms with Crippen LogP contribution in [0.25, 0.3) is 0 Å². The SMILES string of the molecule is COCc1noc(C[C@H]2CN(C(=O)Nc3ccc4c(c3)OCO4)CCO2)n1. The summed E-state index contributed by atoms with van der Waals surface area (Å²) < 4.78 is 26.5. The van der Waals surface area contributed by atoms with Crippen molar-refractivity contribution in [1.82, 2.24) is 15.0 Å². The highest BCUT2D eigenvalue weighted by atomic mass is 16.7. The molecule has 1 saturated heterocycles. The molecule has 4 rings (SSSR count). The van der Waals surface area contributed by atoms with Gasteiger partial charge in [-0.25, -0.2) is 4.79 Å². The van der Waals surface area contributed by atoms with Gasteiger partial charge in [0.05, 0.1) is 19.1 Å². The van der Waals surface area contributed by atoms with Crippen molar-refractivity contribution in [2.45, 2.75) is 19.1 Å². The summed E-state index contributed by atoms with van der Waals surface area (Å²) in [6, 6.07) is 5.09. The Labute approximate surface area is 155 Å². The Hall–Kier alpha value is -2.85. The standard InChI is InChI=1S/C17H20N4O6/c1-23-9-15-19-16(27-20-15)7-12-8-21(4-5-24-12)17(22)18-11-2-3-13-14(6-11)26-10-25-13/h2-3,6,12H,4-5,7-10H2,1H3,(H,18,22)/t12-/m0/s1. The quantitative estimate of drug-likeness (QED) is 0.835. The first-order valence-corrected chi connectivity index (χ1v) is 8.59. The molecule has 1 aromatic heterocycles. The lowest BCUT2D eigenvalue weighted by Crippen LogP contribution is -2.48. The Balaban J connectivity index is 1.33. The summed E-state index contributed by atoms with van der Waals surface area (Å²) in [5.74, 6) is 2.24. The highest BCUT2D eigenvalue weighted by molar-refractivity contribution is 5.89. The molecule has 1 aromatic carbocycles. The van der Waals surface area contributed by atoms with Crippen molar-refractivity contribution < 1.29 is 28.3 Å². The number of benzene rings is 1. The van der Waals surface area contributed by atoms with Gasteiger partial charge in [0.25, 0.3) is 0 Å². The summed E-state index contributed by atoms with van der Waals surface area (Å²) in [5.41, 5.74) is 0.647. The number of rotatable bonds is 5. The Morgan fingerprint density at radius 2 is 2.26 bits per heavy atom. The number of aromatic nitrogens is 2. The van der Waals surface area contributed by atoms with Crippen LogP contribution in [-0.2, 0) is 22.5 Å². The minimum Gasteiger partial charge on any atom is -0.454 e. The van der Waals surface area contributed by atoms with Crippen LogP contribution in [-0.4, -0.2) is 60.8 Å². The second kappa shape index (κ2) is 7.80. The number of fused-ring (bicyclic) bond motifs is 1. The molecule has 144 valence electrons. The molecule has 3 heterocycles. The van der Waals surface area contributed by atoms with Crippen molar-refractivity contribution in [1.29, 1.82) is 0 Å². The number of nitrogens with one attached hydrogen (secondary N) is 1. The second-order valence-electron chi connectivity index (χ2n) is 6.18. The van der Waals surface area contributed by atoms with Gasteiger partial charge in [-0.2, -0.15) is 4.98 Å². The predicted molar refractivity (Wildman–Crippen MR) is 91.6 cm³/mol. The van der Waals surface area contributed by atoms with Gasteiger partial charge < -0.3 is 33.7 Å². The number of ether oxygens (including phenoxy) is 4. The lowest BCUT2D eigenvalue weighted by atomic mass is 10.2. The van der Waals surface area contributed by atoms with E-state index in [0.717, 1.165) is 0 Å². The molecule has 0 radical (unpaired) electrons. The maximum atomic E-state index is 12.6. The van der Waals surface area contributed by atoms with Crippen LogP contribution in [0.3, 0.4) is 0 Å². The van der Waals surface area contributed by atoms with E-state index in [2.05, 4.69) is 15.5 Å². The van der Waals surface area contributed by atoms with Crippen molar-refractivity contribution in [2.75, 3.05) is 38.9 Å². The number of morpholine rings is 1. The number of urea groups is 1. The maximum Gasteiger partial charge on any atom is 0.322 e. The number of nitrogens with zero attached hydrogens (tertiary/aromatic N) is 3. The molecule has 27 heavy (non-hydrogen) atoms. The van der Waals surface area contributed by atoms with Crippen molar-refractivity contribution in [2.24, 2.45) is 0 Å². The molecule has 10 heteroatoms. The topological polar surface area (TPSA) is 108 Å². The Kier molecular flexibility index (Phi) is 5.07. The fraction of sp³-hybridized carbons (Fsp3) is 0.471. The Morgan fingerprint density at radius 3 is 3.15 bits per heavy atom. The monoisotopic (exact) mass is 376 g/mol. The average molecular weight is 376 g/mol. The van der Waals surface area contributed by atoms with Gasteiger partial charge in [-0.3, -0.25) is 0 Å². The first kappa shape index (κ1) is 17.6. The molecule has 2 aliphatic rings. The summed E-state index contributed by atoms with van der Waals surface area (Å²) in [4.78, 5) is 18.5. The van der Waals surface area contributed by atoms with E-state index in [0.29, 0.717) is 61.6 Å². The fourth-order valence-electron chi connectivity index (χ4n) is 2.96. The molecule has 0 saturated carbocycles. The molecular weight excluding hydrogens is 356 g/mol. The zero-order valence-electron chi connectivity index (χ0n) is 14.8. The number of hydrogen-bond donors (Lipinski definition) is 1. The van der Waals surface area contributed by atoms with Crippen molar-refractivity contribution in [3.8, 4) is 11.5 Å². The highest BCUT2D eigenvalue weighted by Crippen LogP contribution is 2.34. The second-order valence-corrected chi connectivity index (χ2v) is 6.18. The Morgan fingerprint density at radius 1 is 1.37 bits per heavy atom. The smallest absolute Gasteiger partial charge is 0.322 e. The Bertz CT molecular complexity index is 810. The third-order valence-electron chi connectivity index (χ3n) is 4.24. The maximum absolute atomic E-state index is 12.6. The van der Waals surface area contributed by atoms with Gasteiger partial charge >= 0.3 is 6.03 Å². The zero-order chi connectivity index (χ0) is 18.6. The molecule has 1 N–H and O–H groups in total. The average Bonchev–Trinajstić information content (AvgIpc) is 3.31. The third-order valence-corrected chi connectivity index (χ3v) is 4.24. The van der Waals surface area contributed by atoms with E-state index in [1.54, 1.807) is 30.2 Å². The van der Waals surface area contributed by atoms with Gasteiger partial charge in [0.15, 0.2) is 17.3 Å². The zero-order valence-corrected chi connectivity index (χ0v) is 14.8. The fourth-order valence-corrected chi connectivity index (χ4v) is 2.96. The van der Waals surface area contributed by atoms with Crippen LogP contribution in [0.15, 0.2) is 22.7 Å². The van der Waals surface area contributed by atoms with Crippen LogP contribution < -0.4 is 14.8 Å². The van der Waals surface area contributed by atoms with E-state index in [1.165, 1.54) is 0 Å². The van der Waals surface area contributed by atoms with Gasteiger partial charge in [-0.1, -0.05) is 5.16 Å². The van der Waals surface area contributed by atoms with Crippen molar-refractivity contribution in [3.63, 3.8) is 0 Å². The molecule has 1 fully saturated rings. The molecule has 2 aliphatic heterocycles. The predicted octanol–water partition coefficient (Wildman–Crippen LogP) is 1.42. The van der Waals surface area contributed by atoms with E-state index >= 15 is 0 Å². The van der Waals surface area contributed by atoms with Crippen LogP contribution in [0.1, 0.15) is 11.7 Å².